The zero-order valence-corrected chi connectivity index (χ0v) is 20.0. The first kappa shape index (κ1) is 30.8. The number of aliphatic hydroxyl groups is 4. The number of ether oxygens (including phenoxy) is 2. The van der Waals surface area contributed by atoms with Crippen molar-refractivity contribution in [2.75, 3.05) is 13.2 Å². The summed E-state index contributed by atoms with van der Waals surface area (Å²) >= 11 is 0. The van der Waals surface area contributed by atoms with Crippen LogP contribution < -0.4 is 0 Å². The van der Waals surface area contributed by atoms with Gasteiger partial charge in [0.1, 0.15) is 13.2 Å². The van der Waals surface area contributed by atoms with E-state index < -0.39 is 37.7 Å². The van der Waals surface area contributed by atoms with Crippen LogP contribution in [-0.2, 0) is 19.1 Å². The fourth-order valence-electron chi connectivity index (χ4n) is 3.71. The minimum absolute atomic E-state index is 0.348. The molecule has 0 saturated carbocycles. The second-order valence-corrected chi connectivity index (χ2v) is 8.53. The summed E-state index contributed by atoms with van der Waals surface area (Å²) in [6.45, 7) is 2.98. The molecule has 8 heteroatoms. The second-order valence-electron chi connectivity index (χ2n) is 8.53. The van der Waals surface area contributed by atoms with Crippen LogP contribution in [0.1, 0.15) is 104 Å². The maximum absolute atomic E-state index is 12.4. The summed E-state index contributed by atoms with van der Waals surface area (Å²) in [5, 5.41) is 36.7. The lowest BCUT2D eigenvalue weighted by Crippen LogP contribution is -2.27. The van der Waals surface area contributed by atoms with Gasteiger partial charge in [0.05, 0.1) is 11.8 Å². The van der Waals surface area contributed by atoms with Crippen molar-refractivity contribution < 1.29 is 39.5 Å². The van der Waals surface area contributed by atoms with Crippen molar-refractivity contribution in [2.45, 2.75) is 116 Å². The van der Waals surface area contributed by atoms with Crippen molar-refractivity contribution in [1.29, 1.82) is 0 Å². The molecule has 0 heterocycles. The molecule has 0 bridgehead atoms. The number of hydrogen-bond donors (Lipinski definition) is 4. The highest BCUT2D eigenvalue weighted by Gasteiger charge is 2.24. The highest BCUT2D eigenvalue weighted by atomic mass is 16.6. The molecule has 0 aromatic heterocycles. The molecule has 0 aliphatic heterocycles. The lowest BCUT2D eigenvalue weighted by atomic mass is 9.91. The van der Waals surface area contributed by atoms with Crippen molar-refractivity contribution in [3.63, 3.8) is 0 Å². The summed E-state index contributed by atoms with van der Waals surface area (Å²) in [7, 11) is 0. The molecule has 0 spiro atoms. The fourth-order valence-corrected chi connectivity index (χ4v) is 3.71. The maximum atomic E-state index is 12.4. The topological polar surface area (TPSA) is 134 Å². The predicted octanol–water partition coefficient (Wildman–Crippen LogP) is 3.43. The van der Waals surface area contributed by atoms with E-state index in [9.17, 15) is 19.8 Å². The zero-order valence-electron chi connectivity index (χ0n) is 20.0. The summed E-state index contributed by atoms with van der Waals surface area (Å²) < 4.78 is 9.82. The molecule has 0 aliphatic rings. The van der Waals surface area contributed by atoms with Gasteiger partial charge in [0.2, 0.25) is 12.6 Å². The molecule has 4 N–H and O–H groups in total. The molecule has 0 aromatic rings. The molecule has 0 rings (SSSR count). The van der Waals surface area contributed by atoms with E-state index in [4.69, 9.17) is 19.7 Å². The summed E-state index contributed by atoms with van der Waals surface area (Å²) in [6, 6.07) is 0. The van der Waals surface area contributed by atoms with Crippen molar-refractivity contribution in [3.05, 3.63) is 0 Å². The molecule has 4 unspecified atom stereocenters. The van der Waals surface area contributed by atoms with Crippen LogP contribution >= 0.6 is 0 Å². The van der Waals surface area contributed by atoms with E-state index in [2.05, 4.69) is 13.8 Å². The van der Waals surface area contributed by atoms with Crippen LogP contribution in [0.15, 0.2) is 0 Å². The first-order valence-corrected chi connectivity index (χ1v) is 12.4. The monoisotopic (exact) mass is 462 g/mol. The largest absolute Gasteiger partial charge is 0.433 e. The highest BCUT2D eigenvalue weighted by Crippen LogP contribution is 2.24. The van der Waals surface area contributed by atoms with Crippen LogP contribution in [0.4, 0.5) is 0 Å². The first-order chi connectivity index (χ1) is 15.4. The Kier molecular flexibility index (Phi) is 19.6. The summed E-state index contributed by atoms with van der Waals surface area (Å²) in [6.07, 6.45) is 9.18. The Morgan fingerprint density at radius 2 is 0.906 bits per heavy atom. The average Bonchev–Trinajstić information content (AvgIpc) is 2.78. The summed E-state index contributed by atoms with van der Waals surface area (Å²) in [5.74, 6) is -1.69. The Bertz CT molecular complexity index is 429. The van der Waals surface area contributed by atoms with Crippen LogP contribution in [0.5, 0.6) is 0 Å². The molecule has 0 saturated heterocycles. The molecule has 0 radical (unpaired) electrons. The van der Waals surface area contributed by atoms with Gasteiger partial charge < -0.3 is 29.9 Å². The van der Waals surface area contributed by atoms with Crippen molar-refractivity contribution >= 4 is 11.9 Å². The van der Waals surface area contributed by atoms with Crippen LogP contribution in [0, 0.1) is 11.8 Å². The minimum Gasteiger partial charge on any atom is -0.433 e. The quantitative estimate of drug-likeness (QED) is 0.116. The number of aliphatic hydroxyl groups excluding tert-OH is 4. The molecule has 32 heavy (non-hydrogen) atoms. The molecular formula is C24H46O8. The molecule has 190 valence electrons. The van der Waals surface area contributed by atoms with Gasteiger partial charge in [0.15, 0.2) is 0 Å². The Morgan fingerprint density at radius 3 is 1.19 bits per heavy atom. The number of carbonyl (C=O) groups excluding carboxylic acids is 2. The van der Waals surface area contributed by atoms with Gasteiger partial charge in [-0.3, -0.25) is 9.59 Å². The second kappa shape index (κ2) is 20.4. The van der Waals surface area contributed by atoms with Crippen LogP contribution in [0.3, 0.4) is 0 Å². The van der Waals surface area contributed by atoms with Gasteiger partial charge in [-0.05, 0) is 25.7 Å². The standard InChI is InChI=1S/C24H46O8/c1-3-5-7-9-13-19(23(29)31-21(27)17-25)15-11-12-16-20(14-10-8-6-4-2)24(30)32-22(28)18-26/h19-22,25-28H,3-18H2,1-2H3. The Hall–Kier alpha value is -1.22. The van der Waals surface area contributed by atoms with E-state index in [0.717, 1.165) is 51.4 Å². The van der Waals surface area contributed by atoms with E-state index in [0.29, 0.717) is 38.5 Å². The SMILES string of the molecule is CCCCCCC(CCCCC(CCCCCC)C(=O)OC(O)CO)C(=O)OC(O)CO. The van der Waals surface area contributed by atoms with Crippen molar-refractivity contribution in [2.24, 2.45) is 11.8 Å². The van der Waals surface area contributed by atoms with Crippen molar-refractivity contribution in [3.8, 4) is 0 Å². The van der Waals surface area contributed by atoms with Gasteiger partial charge in [-0.25, -0.2) is 0 Å². The molecule has 0 aliphatic carbocycles. The number of unbranched alkanes of at least 4 members (excludes halogenated alkanes) is 7. The zero-order chi connectivity index (χ0) is 24.2. The average molecular weight is 463 g/mol. The van der Waals surface area contributed by atoms with E-state index in [1.54, 1.807) is 0 Å². The van der Waals surface area contributed by atoms with E-state index in [1.807, 2.05) is 0 Å². The van der Waals surface area contributed by atoms with Gasteiger partial charge in [-0.15, -0.1) is 0 Å². The Morgan fingerprint density at radius 1 is 0.594 bits per heavy atom. The van der Waals surface area contributed by atoms with Crippen molar-refractivity contribution in [1.82, 2.24) is 0 Å². The van der Waals surface area contributed by atoms with Gasteiger partial charge in [0, 0.05) is 0 Å². The van der Waals surface area contributed by atoms with E-state index in [1.165, 1.54) is 0 Å². The lowest BCUT2D eigenvalue weighted by molar-refractivity contribution is -0.180. The van der Waals surface area contributed by atoms with Gasteiger partial charge in [-0.2, -0.15) is 0 Å². The first-order valence-electron chi connectivity index (χ1n) is 12.4. The normalized spacial score (nSPS) is 15.1. The third-order valence-electron chi connectivity index (χ3n) is 5.65. The summed E-state index contributed by atoms with van der Waals surface area (Å²) in [4.78, 5) is 24.7. The predicted molar refractivity (Wildman–Crippen MR) is 121 cm³/mol. The van der Waals surface area contributed by atoms with Crippen LogP contribution in [-0.4, -0.2) is 58.2 Å². The van der Waals surface area contributed by atoms with Gasteiger partial charge in [0.25, 0.3) is 0 Å². The molecule has 4 atom stereocenters. The third kappa shape index (κ3) is 15.6. The number of hydrogen-bond acceptors (Lipinski definition) is 8. The molecule has 8 nitrogen and oxygen atoms in total. The third-order valence-corrected chi connectivity index (χ3v) is 5.65. The number of rotatable bonds is 21. The Balaban J connectivity index is 4.68. The van der Waals surface area contributed by atoms with E-state index in [-0.39, 0.29) is 11.8 Å². The lowest BCUT2D eigenvalue weighted by Gasteiger charge is -2.20. The molecule has 0 fully saturated rings. The van der Waals surface area contributed by atoms with Gasteiger partial charge in [-0.1, -0.05) is 78.1 Å². The number of esters is 2. The molecule has 0 aromatic carbocycles. The Labute approximate surface area is 193 Å². The maximum Gasteiger partial charge on any atom is 0.311 e. The van der Waals surface area contributed by atoms with Gasteiger partial charge >= 0.3 is 11.9 Å². The van der Waals surface area contributed by atoms with E-state index >= 15 is 0 Å². The van der Waals surface area contributed by atoms with Crippen LogP contribution in [0.25, 0.3) is 0 Å². The number of carbonyl (C=O) groups is 2. The highest BCUT2D eigenvalue weighted by molar-refractivity contribution is 5.73. The van der Waals surface area contributed by atoms with Crippen LogP contribution in [0.2, 0.25) is 0 Å². The molecule has 0 amide bonds. The summed E-state index contributed by atoms with van der Waals surface area (Å²) in [5.41, 5.74) is 0. The molecular weight excluding hydrogens is 416 g/mol. The minimum atomic E-state index is -1.50. The fraction of sp³-hybridized carbons (Fsp3) is 0.917. The smallest absolute Gasteiger partial charge is 0.311 e.